The van der Waals surface area contributed by atoms with Gasteiger partial charge >= 0.3 is 5.69 Å². The summed E-state index contributed by atoms with van der Waals surface area (Å²) in [6, 6.07) is 0. The summed E-state index contributed by atoms with van der Waals surface area (Å²) in [7, 11) is 2.16. The normalized spacial score (nSPS) is 18.7. The molecule has 2 rings (SSSR count). The van der Waals surface area contributed by atoms with E-state index in [4.69, 9.17) is 0 Å². The molecule has 17 heavy (non-hydrogen) atoms. The topological polar surface area (TPSA) is 33.4 Å². The summed E-state index contributed by atoms with van der Waals surface area (Å²) in [6.07, 6.45) is 3.76. The molecule has 96 valence electrons. The number of rotatable bonds is 4. The number of likely N-dealkylation sites (N-methyl/N-ethyl adjacent to an activating group) is 1. The largest absolute Gasteiger partial charge is 0.328 e. The van der Waals surface area contributed by atoms with Crippen molar-refractivity contribution in [1.82, 2.24) is 18.9 Å². The summed E-state index contributed by atoms with van der Waals surface area (Å²) in [6.45, 7) is 9.00. The van der Waals surface area contributed by atoms with Gasteiger partial charge in [-0.05, 0) is 14.0 Å². The molecule has 5 heteroatoms. The van der Waals surface area contributed by atoms with Gasteiger partial charge in [-0.1, -0.05) is 0 Å². The van der Waals surface area contributed by atoms with Crippen LogP contribution >= 0.6 is 0 Å². The molecule has 0 radical (unpaired) electrons. The van der Waals surface area contributed by atoms with Gasteiger partial charge in [0.05, 0.1) is 0 Å². The molecule has 0 unspecified atom stereocenters. The third-order valence-corrected chi connectivity index (χ3v) is 3.51. The van der Waals surface area contributed by atoms with Crippen molar-refractivity contribution in [3.05, 3.63) is 22.9 Å². The molecule has 0 aromatic carbocycles. The van der Waals surface area contributed by atoms with Crippen LogP contribution in [0.1, 0.15) is 6.92 Å². The average molecular weight is 238 g/mol. The van der Waals surface area contributed by atoms with E-state index in [1.807, 2.05) is 23.9 Å². The Morgan fingerprint density at radius 3 is 2.29 bits per heavy atom. The van der Waals surface area contributed by atoms with Gasteiger partial charge in [-0.25, -0.2) is 4.79 Å². The summed E-state index contributed by atoms with van der Waals surface area (Å²) in [5, 5.41) is 0. The lowest BCUT2D eigenvalue weighted by molar-refractivity contribution is 0.149. The fourth-order valence-corrected chi connectivity index (χ4v) is 2.18. The Hall–Kier alpha value is -1.07. The molecule has 0 atom stereocenters. The molecule has 0 amide bonds. The first-order chi connectivity index (χ1) is 8.20. The molecular weight excluding hydrogens is 216 g/mol. The van der Waals surface area contributed by atoms with Crippen LogP contribution in [0, 0.1) is 0 Å². The van der Waals surface area contributed by atoms with Crippen molar-refractivity contribution >= 4 is 0 Å². The first kappa shape index (κ1) is 12.4. The molecule has 1 saturated heterocycles. The number of piperazine rings is 1. The maximum Gasteiger partial charge on any atom is 0.328 e. The maximum absolute atomic E-state index is 11.8. The summed E-state index contributed by atoms with van der Waals surface area (Å²) < 4.78 is 3.55. The number of nitrogens with zero attached hydrogens (tertiary/aromatic N) is 4. The van der Waals surface area contributed by atoms with Crippen molar-refractivity contribution in [3.63, 3.8) is 0 Å². The zero-order valence-corrected chi connectivity index (χ0v) is 10.8. The SMILES string of the molecule is CCn1ccn(CCN2CCN(C)CC2)c1=O. The minimum Gasteiger partial charge on any atom is -0.304 e. The van der Waals surface area contributed by atoms with Gasteiger partial charge in [-0.3, -0.25) is 14.0 Å². The Labute approximate surface area is 102 Å². The van der Waals surface area contributed by atoms with Crippen LogP contribution in [0.4, 0.5) is 0 Å². The van der Waals surface area contributed by atoms with E-state index in [0.29, 0.717) is 0 Å². The van der Waals surface area contributed by atoms with Crippen LogP contribution in [0.25, 0.3) is 0 Å². The Morgan fingerprint density at radius 2 is 1.71 bits per heavy atom. The summed E-state index contributed by atoms with van der Waals surface area (Å²) in [4.78, 5) is 16.6. The van der Waals surface area contributed by atoms with E-state index in [-0.39, 0.29) is 5.69 Å². The Morgan fingerprint density at radius 1 is 1.06 bits per heavy atom. The van der Waals surface area contributed by atoms with Gasteiger partial charge in [0.2, 0.25) is 0 Å². The highest BCUT2D eigenvalue weighted by Gasteiger charge is 2.13. The van der Waals surface area contributed by atoms with E-state index in [1.54, 1.807) is 4.57 Å². The van der Waals surface area contributed by atoms with Crippen LogP contribution in [0.15, 0.2) is 17.2 Å². The number of aryl methyl sites for hydroxylation is 1. The van der Waals surface area contributed by atoms with Crippen LogP contribution in [-0.4, -0.2) is 58.7 Å². The standard InChI is InChI=1S/C12H22N4O/c1-3-15-10-11-16(12(15)17)9-8-14-6-4-13(2)5-7-14/h10-11H,3-9H2,1-2H3. The highest BCUT2D eigenvalue weighted by molar-refractivity contribution is 4.81. The Bertz CT molecular complexity index is 401. The smallest absolute Gasteiger partial charge is 0.304 e. The van der Waals surface area contributed by atoms with Gasteiger partial charge in [0.1, 0.15) is 0 Å². The van der Waals surface area contributed by atoms with E-state index in [0.717, 1.165) is 45.8 Å². The quantitative estimate of drug-likeness (QED) is 0.735. The number of aromatic nitrogens is 2. The van der Waals surface area contributed by atoms with E-state index < -0.39 is 0 Å². The second-order valence-corrected chi connectivity index (χ2v) is 4.71. The lowest BCUT2D eigenvalue weighted by Gasteiger charge is -2.32. The predicted octanol–water partition coefficient (Wildman–Crippen LogP) is -0.0829. The summed E-state index contributed by atoms with van der Waals surface area (Å²) >= 11 is 0. The first-order valence-corrected chi connectivity index (χ1v) is 6.37. The van der Waals surface area contributed by atoms with Gasteiger partial charge in [0.25, 0.3) is 0 Å². The van der Waals surface area contributed by atoms with Gasteiger partial charge in [0.15, 0.2) is 0 Å². The molecule has 1 aromatic rings. The van der Waals surface area contributed by atoms with Gasteiger partial charge in [-0.15, -0.1) is 0 Å². The molecule has 0 saturated carbocycles. The van der Waals surface area contributed by atoms with Crippen molar-refractivity contribution in [2.24, 2.45) is 0 Å². The third kappa shape index (κ3) is 2.98. The fraction of sp³-hybridized carbons (Fsp3) is 0.750. The van der Waals surface area contributed by atoms with Gasteiger partial charge < -0.3 is 4.90 Å². The molecule has 1 aliphatic heterocycles. The lowest BCUT2D eigenvalue weighted by atomic mass is 10.3. The highest BCUT2D eigenvalue weighted by Crippen LogP contribution is 1.99. The van der Waals surface area contributed by atoms with Crippen molar-refractivity contribution in [3.8, 4) is 0 Å². The van der Waals surface area contributed by atoms with E-state index in [1.165, 1.54) is 0 Å². The van der Waals surface area contributed by atoms with Crippen molar-refractivity contribution < 1.29 is 0 Å². The minimum absolute atomic E-state index is 0.113. The first-order valence-electron chi connectivity index (χ1n) is 6.37. The average Bonchev–Trinajstić information content (AvgIpc) is 2.69. The van der Waals surface area contributed by atoms with Crippen molar-refractivity contribution in [1.29, 1.82) is 0 Å². The minimum atomic E-state index is 0.113. The molecule has 1 fully saturated rings. The van der Waals surface area contributed by atoms with Gasteiger partial charge in [-0.2, -0.15) is 0 Å². The van der Waals surface area contributed by atoms with E-state index in [9.17, 15) is 4.79 Å². The van der Waals surface area contributed by atoms with E-state index in [2.05, 4.69) is 16.8 Å². The number of hydrogen-bond acceptors (Lipinski definition) is 3. The monoisotopic (exact) mass is 238 g/mol. The zero-order valence-electron chi connectivity index (χ0n) is 10.8. The van der Waals surface area contributed by atoms with Crippen LogP contribution in [0.5, 0.6) is 0 Å². The highest BCUT2D eigenvalue weighted by atomic mass is 16.1. The van der Waals surface area contributed by atoms with Crippen LogP contribution in [0.2, 0.25) is 0 Å². The van der Waals surface area contributed by atoms with Gasteiger partial charge in [0, 0.05) is 58.2 Å². The zero-order chi connectivity index (χ0) is 12.3. The molecule has 5 nitrogen and oxygen atoms in total. The van der Waals surface area contributed by atoms with Crippen LogP contribution in [-0.2, 0) is 13.1 Å². The van der Waals surface area contributed by atoms with E-state index >= 15 is 0 Å². The molecule has 0 spiro atoms. The summed E-state index contributed by atoms with van der Waals surface area (Å²) in [5.41, 5.74) is 0.113. The Balaban J connectivity index is 1.85. The predicted molar refractivity (Wildman–Crippen MR) is 68.3 cm³/mol. The molecule has 1 aromatic heterocycles. The lowest BCUT2D eigenvalue weighted by Crippen LogP contribution is -2.45. The molecule has 0 bridgehead atoms. The second kappa shape index (κ2) is 5.51. The number of imidazole rings is 1. The van der Waals surface area contributed by atoms with Crippen LogP contribution in [0.3, 0.4) is 0 Å². The summed E-state index contributed by atoms with van der Waals surface area (Å²) in [5.74, 6) is 0. The maximum atomic E-state index is 11.8. The molecule has 0 N–H and O–H groups in total. The molecular formula is C12H22N4O. The molecule has 2 heterocycles. The fourth-order valence-electron chi connectivity index (χ4n) is 2.18. The Kier molecular flexibility index (Phi) is 4.02. The number of hydrogen-bond donors (Lipinski definition) is 0. The second-order valence-electron chi connectivity index (χ2n) is 4.71. The molecule has 1 aliphatic rings. The van der Waals surface area contributed by atoms with Crippen molar-refractivity contribution in [2.45, 2.75) is 20.0 Å². The van der Waals surface area contributed by atoms with Crippen molar-refractivity contribution in [2.75, 3.05) is 39.8 Å². The third-order valence-electron chi connectivity index (χ3n) is 3.51. The van der Waals surface area contributed by atoms with Crippen LogP contribution < -0.4 is 5.69 Å². The molecule has 0 aliphatic carbocycles.